The molecule has 0 atom stereocenters. The number of nitrogens with zero attached hydrogens (tertiary/aromatic N) is 1. The quantitative estimate of drug-likeness (QED) is 0.161. The maximum absolute atomic E-state index is 2.45. The molecular formula is C63H51N. The highest BCUT2D eigenvalue weighted by Crippen LogP contribution is 2.55. The highest BCUT2D eigenvalue weighted by atomic mass is 15.1. The van der Waals surface area contributed by atoms with E-state index in [-0.39, 0.29) is 16.2 Å². The van der Waals surface area contributed by atoms with E-state index in [4.69, 9.17) is 0 Å². The fourth-order valence-electron chi connectivity index (χ4n) is 11.8. The van der Waals surface area contributed by atoms with Gasteiger partial charge in [0.1, 0.15) is 0 Å². The zero-order valence-corrected chi connectivity index (χ0v) is 37.5. The molecule has 0 amide bonds. The van der Waals surface area contributed by atoms with Crippen molar-refractivity contribution >= 4 is 17.1 Å². The largest absolute Gasteiger partial charge is 0.310 e. The van der Waals surface area contributed by atoms with Crippen LogP contribution in [0.4, 0.5) is 17.1 Å². The van der Waals surface area contributed by atoms with Gasteiger partial charge in [-0.05, 0) is 137 Å². The van der Waals surface area contributed by atoms with Crippen LogP contribution in [0.1, 0.15) is 74.9 Å². The van der Waals surface area contributed by atoms with Crippen LogP contribution in [0.3, 0.4) is 0 Å². The SMILES string of the molecule is CC1(C)c2ccccc2-c2c(-c3ccc(N(c4cccc(-c5cccc6c5-c5ccccc5C6(C)C)c4)c4cccc(-c5cccc6c5-c5ccccc5C6(C)C)c4)cc3)cccc21. The molecular weight excluding hydrogens is 771 g/mol. The zero-order valence-electron chi connectivity index (χ0n) is 37.5. The van der Waals surface area contributed by atoms with E-state index < -0.39 is 0 Å². The molecule has 3 aliphatic rings. The Hall–Kier alpha value is -7.22. The van der Waals surface area contributed by atoms with Crippen LogP contribution in [0.25, 0.3) is 66.8 Å². The number of rotatable bonds is 6. The molecule has 0 saturated carbocycles. The fraction of sp³-hybridized carbons (Fsp3) is 0.143. The molecule has 0 N–H and O–H groups in total. The number of fused-ring (bicyclic) bond motifs is 9. The second kappa shape index (κ2) is 13.9. The minimum Gasteiger partial charge on any atom is -0.310 e. The molecule has 12 rings (SSSR count). The van der Waals surface area contributed by atoms with Gasteiger partial charge in [0.15, 0.2) is 0 Å². The van der Waals surface area contributed by atoms with Gasteiger partial charge in [-0.2, -0.15) is 0 Å². The topological polar surface area (TPSA) is 3.24 Å². The van der Waals surface area contributed by atoms with Gasteiger partial charge in [0.25, 0.3) is 0 Å². The van der Waals surface area contributed by atoms with Crippen molar-refractivity contribution in [2.24, 2.45) is 0 Å². The molecule has 0 bridgehead atoms. The Kier molecular flexibility index (Phi) is 8.35. The minimum atomic E-state index is -0.0716. The van der Waals surface area contributed by atoms with Gasteiger partial charge in [-0.3, -0.25) is 0 Å². The summed E-state index contributed by atoms with van der Waals surface area (Å²) in [5.41, 5.74) is 27.0. The Morgan fingerprint density at radius 1 is 0.250 bits per heavy atom. The Labute approximate surface area is 378 Å². The standard InChI is InChI=1S/C63H51N/c1-61(2)52-28-10-7-22-49(52)58-46(25-15-31-55(58)61)40-34-36-43(37-35-40)64(44-20-13-18-41(38-44)47-26-16-32-56-59(47)50-23-8-11-29-53(50)62(56,3)4)45-21-14-19-42(39-45)48-27-17-33-57-60(48)51-24-9-12-30-54(51)63(57,5)6/h7-39H,1-6H3. The molecule has 0 saturated heterocycles. The second-order valence-corrected chi connectivity index (χ2v) is 19.7. The third kappa shape index (κ3) is 5.50. The lowest BCUT2D eigenvalue weighted by Crippen LogP contribution is -2.14. The summed E-state index contributed by atoms with van der Waals surface area (Å²) < 4.78 is 0. The highest BCUT2D eigenvalue weighted by molar-refractivity contribution is 5.97. The summed E-state index contributed by atoms with van der Waals surface area (Å²) in [7, 11) is 0. The molecule has 9 aromatic rings. The normalized spacial score (nSPS) is 15.1. The predicted molar refractivity (Wildman–Crippen MR) is 270 cm³/mol. The van der Waals surface area contributed by atoms with E-state index in [0.717, 1.165) is 17.1 Å². The molecule has 1 heteroatoms. The van der Waals surface area contributed by atoms with Crippen LogP contribution in [0.5, 0.6) is 0 Å². The molecule has 0 aliphatic heterocycles. The van der Waals surface area contributed by atoms with E-state index in [9.17, 15) is 0 Å². The summed E-state index contributed by atoms with van der Waals surface area (Å²) >= 11 is 0. The summed E-state index contributed by atoms with van der Waals surface area (Å²) in [6.07, 6.45) is 0. The van der Waals surface area contributed by atoms with Gasteiger partial charge in [0.2, 0.25) is 0 Å². The van der Waals surface area contributed by atoms with E-state index in [2.05, 4.69) is 247 Å². The summed E-state index contributed by atoms with van der Waals surface area (Å²) in [4.78, 5) is 2.45. The molecule has 0 aromatic heterocycles. The zero-order chi connectivity index (χ0) is 43.5. The molecule has 0 fully saturated rings. The predicted octanol–water partition coefficient (Wildman–Crippen LogP) is 17.1. The average Bonchev–Trinajstić information content (AvgIpc) is 3.82. The number of hydrogen-bond donors (Lipinski definition) is 0. The highest BCUT2D eigenvalue weighted by Gasteiger charge is 2.39. The Morgan fingerprint density at radius 2 is 0.562 bits per heavy atom. The van der Waals surface area contributed by atoms with Crippen LogP contribution in [0.15, 0.2) is 200 Å². The smallest absolute Gasteiger partial charge is 0.0467 e. The van der Waals surface area contributed by atoms with E-state index in [1.165, 1.54) is 100 Å². The minimum absolute atomic E-state index is 0.0535. The first-order chi connectivity index (χ1) is 31.0. The van der Waals surface area contributed by atoms with Gasteiger partial charge in [-0.1, -0.05) is 205 Å². The molecule has 3 aliphatic carbocycles. The molecule has 1 nitrogen and oxygen atoms in total. The summed E-state index contributed by atoms with van der Waals surface area (Å²) in [6.45, 7) is 14.2. The number of benzene rings is 9. The third-order valence-corrected chi connectivity index (χ3v) is 15.1. The van der Waals surface area contributed by atoms with Crippen molar-refractivity contribution < 1.29 is 0 Å². The van der Waals surface area contributed by atoms with Gasteiger partial charge in [-0.15, -0.1) is 0 Å². The van der Waals surface area contributed by atoms with Gasteiger partial charge in [-0.25, -0.2) is 0 Å². The Balaban J connectivity index is 1.02. The van der Waals surface area contributed by atoms with Gasteiger partial charge in [0, 0.05) is 33.3 Å². The third-order valence-electron chi connectivity index (χ3n) is 15.1. The van der Waals surface area contributed by atoms with Gasteiger partial charge >= 0.3 is 0 Å². The molecule has 0 unspecified atom stereocenters. The van der Waals surface area contributed by atoms with Crippen molar-refractivity contribution in [3.8, 4) is 66.8 Å². The van der Waals surface area contributed by atoms with Crippen LogP contribution in [-0.2, 0) is 16.2 Å². The van der Waals surface area contributed by atoms with Crippen LogP contribution in [0, 0.1) is 0 Å². The first-order valence-electron chi connectivity index (χ1n) is 22.8. The van der Waals surface area contributed by atoms with Gasteiger partial charge in [0.05, 0.1) is 0 Å². The summed E-state index contributed by atoms with van der Waals surface area (Å²) in [5, 5.41) is 0. The molecule has 0 spiro atoms. The van der Waals surface area contributed by atoms with E-state index in [1.54, 1.807) is 0 Å². The van der Waals surface area contributed by atoms with E-state index in [0.29, 0.717) is 0 Å². The molecule has 64 heavy (non-hydrogen) atoms. The first-order valence-corrected chi connectivity index (χ1v) is 22.8. The monoisotopic (exact) mass is 821 g/mol. The average molecular weight is 822 g/mol. The molecule has 308 valence electrons. The van der Waals surface area contributed by atoms with E-state index in [1.807, 2.05) is 0 Å². The van der Waals surface area contributed by atoms with Gasteiger partial charge < -0.3 is 4.90 Å². The van der Waals surface area contributed by atoms with Crippen LogP contribution in [0.2, 0.25) is 0 Å². The summed E-state index contributed by atoms with van der Waals surface area (Å²) in [5.74, 6) is 0. The van der Waals surface area contributed by atoms with Crippen molar-refractivity contribution in [2.45, 2.75) is 57.8 Å². The van der Waals surface area contributed by atoms with Crippen LogP contribution < -0.4 is 4.90 Å². The second-order valence-electron chi connectivity index (χ2n) is 19.7. The van der Waals surface area contributed by atoms with Crippen molar-refractivity contribution in [3.05, 3.63) is 234 Å². The maximum atomic E-state index is 2.45. The lowest BCUT2D eigenvalue weighted by molar-refractivity contribution is 0.660. The van der Waals surface area contributed by atoms with Crippen LogP contribution in [-0.4, -0.2) is 0 Å². The number of anilines is 3. The summed E-state index contributed by atoms with van der Waals surface area (Å²) in [6, 6.07) is 75.1. The van der Waals surface area contributed by atoms with E-state index >= 15 is 0 Å². The Bertz CT molecular complexity index is 3210. The van der Waals surface area contributed by atoms with Crippen molar-refractivity contribution in [1.29, 1.82) is 0 Å². The lowest BCUT2D eigenvalue weighted by Gasteiger charge is -2.27. The first kappa shape index (κ1) is 38.5. The molecule has 0 radical (unpaired) electrons. The van der Waals surface area contributed by atoms with Crippen molar-refractivity contribution in [1.82, 2.24) is 0 Å². The fourth-order valence-corrected chi connectivity index (χ4v) is 11.8. The lowest BCUT2D eigenvalue weighted by atomic mass is 9.82. The van der Waals surface area contributed by atoms with Crippen LogP contribution >= 0.6 is 0 Å². The molecule has 0 heterocycles. The van der Waals surface area contributed by atoms with Crippen molar-refractivity contribution in [3.63, 3.8) is 0 Å². The molecule has 9 aromatic carbocycles. The Morgan fingerprint density at radius 3 is 0.953 bits per heavy atom. The maximum Gasteiger partial charge on any atom is 0.0467 e. The van der Waals surface area contributed by atoms with Crippen molar-refractivity contribution in [2.75, 3.05) is 4.90 Å². The number of hydrogen-bond acceptors (Lipinski definition) is 1.